The van der Waals surface area contributed by atoms with Crippen molar-refractivity contribution in [3.63, 3.8) is 0 Å². The van der Waals surface area contributed by atoms with Crippen LogP contribution in [-0.4, -0.2) is 29.7 Å². The Hall–Kier alpha value is -2.34. The van der Waals surface area contributed by atoms with Crippen LogP contribution in [-0.2, 0) is 6.42 Å². The van der Waals surface area contributed by atoms with E-state index in [-0.39, 0.29) is 11.2 Å². The summed E-state index contributed by atoms with van der Waals surface area (Å²) in [6.45, 7) is 0. The number of pyridine rings is 1. The van der Waals surface area contributed by atoms with E-state index in [0.717, 1.165) is 18.5 Å². The minimum absolute atomic E-state index is 0.0658. The monoisotopic (exact) mass is 298 g/mol. The zero-order valence-electron chi connectivity index (χ0n) is 11.0. The molecule has 3 aromatic rings. The highest BCUT2D eigenvalue weighted by molar-refractivity contribution is 6.28. The second kappa shape index (κ2) is 4.89. The molecule has 0 aromatic carbocycles. The van der Waals surface area contributed by atoms with Gasteiger partial charge in [-0.2, -0.15) is 15.1 Å². The lowest BCUT2D eigenvalue weighted by Crippen LogP contribution is -2.11. The molecule has 0 fully saturated rings. The molecule has 104 valence electrons. The zero-order chi connectivity index (χ0) is 14.2. The third-order valence-corrected chi connectivity index (χ3v) is 3.76. The van der Waals surface area contributed by atoms with E-state index in [1.165, 1.54) is 5.56 Å². The Morgan fingerprint density at radius 1 is 1.14 bits per heavy atom. The average Bonchev–Trinajstić information content (AvgIpc) is 3.16. The lowest BCUT2D eigenvalue weighted by molar-refractivity contribution is 0.685. The van der Waals surface area contributed by atoms with Crippen molar-refractivity contribution in [1.29, 1.82) is 0 Å². The summed E-state index contributed by atoms with van der Waals surface area (Å²) in [5, 5.41) is 4.31. The van der Waals surface area contributed by atoms with Gasteiger partial charge in [0.05, 0.1) is 11.6 Å². The Bertz CT molecular complexity index is 786. The molecule has 21 heavy (non-hydrogen) atoms. The smallest absolute Gasteiger partial charge is 0.255 e. The van der Waals surface area contributed by atoms with Crippen molar-refractivity contribution < 1.29 is 0 Å². The van der Waals surface area contributed by atoms with Gasteiger partial charge in [-0.25, -0.2) is 9.67 Å². The molecule has 6 nitrogen and oxygen atoms in total. The highest BCUT2D eigenvalue weighted by Gasteiger charge is 2.28. The number of halogens is 1. The largest absolute Gasteiger partial charge is 0.260 e. The molecule has 0 saturated carbocycles. The van der Waals surface area contributed by atoms with E-state index in [2.05, 4.69) is 31.1 Å². The predicted octanol–water partition coefficient (Wildman–Crippen LogP) is 2.18. The van der Waals surface area contributed by atoms with E-state index in [0.29, 0.717) is 11.8 Å². The summed E-state index contributed by atoms with van der Waals surface area (Å²) in [6.07, 6.45) is 7.16. The van der Waals surface area contributed by atoms with Gasteiger partial charge >= 0.3 is 0 Å². The molecule has 3 aromatic heterocycles. The van der Waals surface area contributed by atoms with Gasteiger partial charge in [0.1, 0.15) is 5.82 Å². The molecule has 0 radical (unpaired) electrons. The van der Waals surface area contributed by atoms with Crippen LogP contribution in [0.1, 0.15) is 29.4 Å². The molecule has 1 unspecified atom stereocenters. The fourth-order valence-corrected chi connectivity index (χ4v) is 2.83. The first-order chi connectivity index (χ1) is 10.3. The van der Waals surface area contributed by atoms with Gasteiger partial charge in [0.2, 0.25) is 5.28 Å². The normalized spacial score (nSPS) is 16.9. The van der Waals surface area contributed by atoms with Crippen LogP contribution in [0.15, 0.2) is 36.8 Å². The summed E-state index contributed by atoms with van der Waals surface area (Å²) in [5.74, 6) is 1.15. The predicted molar refractivity (Wildman–Crippen MR) is 76.4 cm³/mol. The van der Waals surface area contributed by atoms with Crippen molar-refractivity contribution in [2.75, 3.05) is 0 Å². The Balaban J connectivity index is 1.80. The van der Waals surface area contributed by atoms with Crippen LogP contribution in [0, 0.1) is 0 Å². The number of aryl methyl sites for hydroxylation is 1. The van der Waals surface area contributed by atoms with E-state index < -0.39 is 0 Å². The Labute approximate surface area is 125 Å². The first-order valence-electron chi connectivity index (χ1n) is 6.66. The van der Waals surface area contributed by atoms with E-state index in [9.17, 15) is 0 Å². The van der Waals surface area contributed by atoms with Gasteiger partial charge in [0.25, 0.3) is 5.95 Å². The average molecular weight is 299 g/mol. The van der Waals surface area contributed by atoms with Crippen LogP contribution in [0.2, 0.25) is 5.28 Å². The van der Waals surface area contributed by atoms with Crippen molar-refractivity contribution >= 4 is 11.6 Å². The third kappa shape index (κ3) is 2.17. The molecule has 0 saturated heterocycles. The first kappa shape index (κ1) is 12.4. The molecule has 3 heterocycles. The molecule has 0 bridgehead atoms. The molecule has 1 aliphatic carbocycles. The van der Waals surface area contributed by atoms with Crippen LogP contribution in [0.5, 0.6) is 0 Å². The van der Waals surface area contributed by atoms with Gasteiger partial charge in [0, 0.05) is 18.6 Å². The quantitative estimate of drug-likeness (QED) is 0.725. The van der Waals surface area contributed by atoms with Gasteiger partial charge in [0.15, 0.2) is 0 Å². The van der Waals surface area contributed by atoms with E-state index >= 15 is 0 Å². The van der Waals surface area contributed by atoms with Gasteiger partial charge in [-0.05, 0) is 42.1 Å². The topological polar surface area (TPSA) is 69.4 Å². The summed E-state index contributed by atoms with van der Waals surface area (Å²) in [5.41, 5.74) is 2.28. The molecule has 0 spiro atoms. The highest BCUT2D eigenvalue weighted by Crippen LogP contribution is 2.35. The summed E-state index contributed by atoms with van der Waals surface area (Å²) < 4.78 is 1.57. The van der Waals surface area contributed by atoms with Crippen molar-refractivity contribution in [2.45, 2.75) is 18.8 Å². The van der Waals surface area contributed by atoms with Crippen LogP contribution in [0.25, 0.3) is 5.95 Å². The number of nitrogens with zero attached hydrogens (tertiary/aromatic N) is 6. The fraction of sp³-hybridized carbons (Fsp3) is 0.214. The molecule has 4 rings (SSSR count). The summed E-state index contributed by atoms with van der Waals surface area (Å²) in [4.78, 5) is 17.4. The summed E-state index contributed by atoms with van der Waals surface area (Å²) in [7, 11) is 0. The van der Waals surface area contributed by atoms with E-state index in [1.54, 1.807) is 23.3 Å². The van der Waals surface area contributed by atoms with Crippen LogP contribution < -0.4 is 0 Å². The number of fused-ring (bicyclic) bond motifs is 1. The lowest BCUT2D eigenvalue weighted by atomic mass is 10.1. The number of rotatable bonds is 2. The third-order valence-electron chi connectivity index (χ3n) is 3.59. The van der Waals surface area contributed by atoms with Crippen molar-refractivity contribution in [3.8, 4) is 5.95 Å². The molecule has 0 N–H and O–H groups in total. The standard InChI is InChI=1S/C14H11ClN6/c15-13-18-12(19-14(20-13)21-8-2-7-17-21)10-5-4-9-3-1-6-16-11(9)10/h1-3,6-8,10H,4-5H2. The minimum Gasteiger partial charge on any atom is -0.260 e. The maximum absolute atomic E-state index is 6.05. The van der Waals surface area contributed by atoms with Gasteiger partial charge < -0.3 is 0 Å². The Morgan fingerprint density at radius 3 is 2.95 bits per heavy atom. The second-order valence-electron chi connectivity index (χ2n) is 4.85. The number of aromatic nitrogens is 6. The SMILES string of the molecule is Clc1nc(C2CCc3cccnc32)nc(-n2cccn2)n1. The molecule has 1 aliphatic rings. The van der Waals surface area contributed by atoms with Crippen LogP contribution >= 0.6 is 11.6 Å². The van der Waals surface area contributed by atoms with Crippen LogP contribution in [0.3, 0.4) is 0 Å². The first-order valence-corrected chi connectivity index (χ1v) is 7.04. The number of hydrogen-bond donors (Lipinski definition) is 0. The van der Waals surface area contributed by atoms with E-state index in [4.69, 9.17) is 11.6 Å². The van der Waals surface area contributed by atoms with Gasteiger partial charge in [-0.3, -0.25) is 4.98 Å². The molecule has 7 heteroatoms. The maximum Gasteiger partial charge on any atom is 0.255 e. The Morgan fingerprint density at radius 2 is 2.10 bits per heavy atom. The molecule has 0 amide bonds. The summed E-state index contributed by atoms with van der Waals surface area (Å²) in [6, 6.07) is 5.86. The summed E-state index contributed by atoms with van der Waals surface area (Å²) >= 11 is 6.05. The Kier molecular flexibility index (Phi) is 2.89. The van der Waals surface area contributed by atoms with Crippen molar-refractivity contribution in [2.24, 2.45) is 0 Å². The molecular weight excluding hydrogens is 288 g/mol. The van der Waals surface area contributed by atoms with Gasteiger partial charge in [-0.15, -0.1) is 0 Å². The molecule has 0 aliphatic heterocycles. The maximum atomic E-state index is 6.05. The van der Waals surface area contributed by atoms with E-state index in [1.807, 2.05) is 12.1 Å². The fourth-order valence-electron chi connectivity index (χ4n) is 2.66. The molecular formula is C14H11ClN6. The lowest BCUT2D eigenvalue weighted by Gasteiger charge is -2.10. The van der Waals surface area contributed by atoms with Crippen molar-refractivity contribution in [1.82, 2.24) is 29.7 Å². The van der Waals surface area contributed by atoms with Gasteiger partial charge in [-0.1, -0.05) is 6.07 Å². The zero-order valence-corrected chi connectivity index (χ0v) is 11.8. The van der Waals surface area contributed by atoms with Crippen LogP contribution in [0.4, 0.5) is 0 Å². The minimum atomic E-state index is 0.0658. The second-order valence-corrected chi connectivity index (χ2v) is 5.19. The number of hydrogen-bond acceptors (Lipinski definition) is 5. The highest BCUT2D eigenvalue weighted by atomic mass is 35.5. The van der Waals surface area contributed by atoms with Crippen molar-refractivity contribution in [3.05, 3.63) is 59.2 Å². The molecule has 1 atom stereocenters.